The van der Waals surface area contributed by atoms with E-state index in [2.05, 4.69) is 19.2 Å². The highest BCUT2D eigenvalue weighted by atomic mass is 16.3. The van der Waals surface area contributed by atoms with Crippen molar-refractivity contribution < 1.29 is 5.11 Å². The van der Waals surface area contributed by atoms with Gasteiger partial charge in [-0.15, -0.1) is 0 Å². The summed E-state index contributed by atoms with van der Waals surface area (Å²) in [5, 5.41) is 12.4. The van der Waals surface area contributed by atoms with Crippen molar-refractivity contribution in [1.82, 2.24) is 5.32 Å². The zero-order valence-electron chi connectivity index (χ0n) is 6.85. The van der Waals surface area contributed by atoms with Crippen LogP contribution in [0.5, 0.6) is 0 Å². The molecular weight excluding hydrogens is 126 g/mol. The largest absolute Gasteiger partial charge is 0.396 e. The maximum absolute atomic E-state index is 9.15. The van der Waals surface area contributed by atoms with Gasteiger partial charge in [-0.1, -0.05) is 13.8 Å². The number of hydrogen-bond donors (Lipinski definition) is 2. The van der Waals surface area contributed by atoms with E-state index in [0.717, 1.165) is 19.5 Å². The van der Waals surface area contributed by atoms with E-state index < -0.39 is 0 Å². The molecule has 1 fully saturated rings. The molecule has 1 heterocycles. The van der Waals surface area contributed by atoms with Gasteiger partial charge >= 0.3 is 0 Å². The molecule has 0 saturated carbocycles. The van der Waals surface area contributed by atoms with E-state index in [0.29, 0.717) is 12.5 Å². The molecule has 2 nitrogen and oxygen atoms in total. The monoisotopic (exact) mass is 143 g/mol. The fourth-order valence-corrected chi connectivity index (χ4v) is 1.57. The molecule has 0 bridgehead atoms. The Hall–Kier alpha value is -0.0800. The third-order valence-electron chi connectivity index (χ3n) is 2.82. The molecule has 0 spiro atoms. The molecular formula is C8H17NO. The second-order valence-electron chi connectivity index (χ2n) is 3.60. The van der Waals surface area contributed by atoms with Gasteiger partial charge in [0.2, 0.25) is 0 Å². The van der Waals surface area contributed by atoms with Crippen LogP contribution in [0.15, 0.2) is 0 Å². The topological polar surface area (TPSA) is 32.3 Å². The van der Waals surface area contributed by atoms with Gasteiger partial charge in [-0.05, 0) is 18.9 Å². The van der Waals surface area contributed by atoms with E-state index in [4.69, 9.17) is 5.11 Å². The van der Waals surface area contributed by atoms with E-state index in [1.165, 1.54) is 0 Å². The smallest absolute Gasteiger partial charge is 0.0502 e. The maximum Gasteiger partial charge on any atom is 0.0502 e. The van der Waals surface area contributed by atoms with Crippen LogP contribution in [0.1, 0.15) is 20.3 Å². The summed E-state index contributed by atoms with van der Waals surface area (Å²) in [6.45, 7) is 6.75. The molecule has 0 amide bonds. The molecule has 1 aliphatic heterocycles. The highest BCUT2D eigenvalue weighted by Crippen LogP contribution is 2.32. The SMILES string of the molecule is CC(C)[C@]1(CO)CCNC1. The highest BCUT2D eigenvalue weighted by molar-refractivity contribution is 4.89. The molecule has 2 heteroatoms. The van der Waals surface area contributed by atoms with Gasteiger partial charge in [0, 0.05) is 12.0 Å². The molecule has 10 heavy (non-hydrogen) atoms. The van der Waals surface area contributed by atoms with Crippen LogP contribution in [-0.2, 0) is 0 Å². The first-order valence-electron chi connectivity index (χ1n) is 4.03. The van der Waals surface area contributed by atoms with E-state index in [1.807, 2.05) is 0 Å². The lowest BCUT2D eigenvalue weighted by atomic mass is 9.77. The standard InChI is InChI=1S/C8H17NO/c1-7(2)8(6-10)3-4-9-5-8/h7,9-10H,3-6H2,1-2H3/t8-/m1/s1. The van der Waals surface area contributed by atoms with Crippen LogP contribution in [-0.4, -0.2) is 24.8 Å². The van der Waals surface area contributed by atoms with Crippen LogP contribution in [0.2, 0.25) is 0 Å². The second kappa shape index (κ2) is 2.89. The minimum absolute atomic E-state index is 0.181. The Balaban J connectivity index is 2.58. The lowest BCUT2D eigenvalue weighted by Crippen LogP contribution is -2.33. The molecule has 1 rings (SSSR count). The Morgan fingerprint density at radius 1 is 1.60 bits per heavy atom. The summed E-state index contributed by atoms with van der Waals surface area (Å²) in [7, 11) is 0. The molecule has 1 saturated heterocycles. The van der Waals surface area contributed by atoms with Crippen LogP contribution >= 0.6 is 0 Å². The zero-order valence-corrected chi connectivity index (χ0v) is 6.85. The Morgan fingerprint density at radius 3 is 2.50 bits per heavy atom. The third kappa shape index (κ3) is 1.18. The highest BCUT2D eigenvalue weighted by Gasteiger charge is 2.35. The number of rotatable bonds is 2. The number of nitrogens with one attached hydrogen (secondary N) is 1. The molecule has 1 aliphatic rings. The summed E-state index contributed by atoms with van der Waals surface area (Å²) >= 11 is 0. The average Bonchev–Trinajstić information content (AvgIpc) is 2.35. The molecule has 0 unspecified atom stereocenters. The van der Waals surface area contributed by atoms with Gasteiger partial charge in [0.15, 0.2) is 0 Å². The predicted molar refractivity (Wildman–Crippen MR) is 41.8 cm³/mol. The Morgan fingerprint density at radius 2 is 2.30 bits per heavy atom. The van der Waals surface area contributed by atoms with Gasteiger partial charge in [-0.3, -0.25) is 0 Å². The summed E-state index contributed by atoms with van der Waals surface area (Å²) in [6, 6.07) is 0. The first-order chi connectivity index (χ1) is 4.71. The predicted octanol–water partition coefficient (Wildman–Crippen LogP) is 0.614. The van der Waals surface area contributed by atoms with Crippen molar-refractivity contribution in [2.24, 2.45) is 11.3 Å². The Labute approximate surface area is 62.6 Å². The van der Waals surface area contributed by atoms with Crippen LogP contribution in [0.25, 0.3) is 0 Å². The number of aliphatic hydroxyl groups excluding tert-OH is 1. The van der Waals surface area contributed by atoms with Gasteiger partial charge in [0.25, 0.3) is 0 Å². The van der Waals surface area contributed by atoms with Crippen LogP contribution in [0.3, 0.4) is 0 Å². The number of aliphatic hydroxyl groups is 1. The van der Waals surface area contributed by atoms with Crippen LogP contribution in [0, 0.1) is 11.3 Å². The van der Waals surface area contributed by atoms with Crippen molar-refractivity contribution in [2.75, 3.05) is 19.7 Å². The summed E-state index contributed by atoms with van der Waals surface area (Å²) in [5.41, 5.74) is 0.181. The lowest BCUT2D eigenvalue weighted by molar-refractivity contribution is 0.0959. The van der Waals surface area contributed by atoms with Gasteiger partial charge in [0.05, 0.1) is 6.61 Å². The number of hydrogen-bond acceptors (Lipinski definition) is 2. The Kier molecular flexibility index (Phi) is 2.32. The first kappa shape index (κ1) is 8.02. The van der Waals surface area contributed by atoms with E-state index in [9.17, 15) is 0 Å². The van der Waals surface area contributed by atoms with E-state index >= 15 is 0 Å². The first-order valence-corrected chi connectivity index (χ1v) is 4.03. The second-order valence-corrected chi connectivity index (χ2v) is 3.60. The van der Waals surface area contributed by atoms with Crippen LogP contribution < -0.4 is 5.32 Å². The summed E-state index contributed by atoms with van der Waals surface area (Å²) in [5.74, 6) is 0.590. The zero-order chi connectivity index (χ0) is 7.61. The molecule has 1 atom stereocenters. The van der Waals surface area contributed by atoms with Gasteiger partial charge in [-0.2, -0.15) is 0 Å². The maximum atomic E-state index is 9.15. The summed E-state index contributed by atoms with van der Waals surface area (Å²) in [4.78, 5) is 0. The molecule has 0 aromatic rings. The normalized spacial score (nSPS) is 33.6. The fourth-order valence-electron chi connectivity index (χ4n) is 1.57. The van der Waals surface area contributed by atoms with Crippen molar-refractivity contribution in [3.8, 4) is 0 Å². The molecule has 0 aromatic carbocycles. The van der Waals surface area contributed by atoms with E-state index in [1.54, 1.807) is 0 Å². The fraction of sp³-hybridized carbons (Fsp3) is 1.00. The molecule has 60 valence electrons. The molecule has 2 N–H and O–H groups in total. The third-order valence-corrected chi connectivity index (χ3v) is 2.82. The Bertz CT molecular complexity index is 106. The van der Waals surface area contributed by atoms with Crippen molar-refractivity contribution in [3.05, 3.63) is 0 Å². The van der Waals surface area contributed by atoms with Gasteiger partial charge in [0.1, 0.15) is 0 Å². The lowest BCUT2D eigenvalue weighted by Gasteiger charge is -2.29. The quantitative estimate of drug-likeness (QED) is 0.593. The molecule has 0 radical (unpaired) electrons. The average molecular weight is 143 g/mol. The van der Waals surface area contributed by atoms with Crippen molar-refractivity contribution in [1.29, 1.82) is 0 Å². The molecule has 0 aromatic heterocycles. The van der Waals surface area contributed by atoms with Crippen LogP contribution in [0.4, 0.5) is 0 Å². The molecule has 0 aliphatic carbocycles. The minimum atomic E-state index is 0.181. The van der Waals surface area contributed by atoms with E-state index in [-0.39, 0.29) is 5.41 Å². The van der Waals surface area contributed by atoms with Crippen molar-refractivity contribution in [2.45, 2.75) is 20.3 Å². The van der Waals surface area contributed by atoms with Gasteiger partial charge in [-0.25, -0.2) is 0 Å². The van der Waals surface area contributed by atoms with Crippen molar-refractivity contribution >= 4 is 0 Å². The van der Waals surface area contributed by atoms with Crippen molar-refractivity contribution in [3.63, 3.8) is 0 Å². The summed E-state index contributed by atoms with van der Waals surface area (Å²) < 4.78 is 0. The van der Waals surface area contributed by atoms with Gasteiger partial charge < -0.3 is 10.4 Å². The minimum Gasteiger partial charge on any atom is -0.396 e. The summed E-state index contributed by atoms with van der Waals surface area (Å²) in [6.07, 6.45) is 1.13.